The summed E-state index contributed by atoms with van der Waals surface area (Å²) in [5, 5.41) is 2.46. The van der Waals surface area contributed by atoms with Crippen molar-refractivity contribution in [2.24, 2.45) is 0 Å². The molecule has 124 valence electrons. The molecule has 1 aromatic heterocycles. The Bertz CT molecular complexity index is 1230. The molecule has 0 amide bonds. The van der Waals surface area contributed by atoms with Gasteiger partial charge in [-0.15, -0.1) is 0 Å². The van der Waals surface area contributed by atoms with Gasteiger partial charge in [-0.3, -0.25) is 0 Å². The Morgan fingerprint density at radius 1 is 0.577 bits per heavy atom. The second-order valence-corrected chi connectivity index (χ2v) is 6.53. The van der Waals surface area contributed by atoms with E-state index in [2.05, 4.69) is 77.8 Å². The van der Waals surface area contributed by atoms with Gasteiger partial charge in [0.15, 0.2) is 0 Å². The van der Waals surface area contributed by atoms with Crippen molar-refractivity contribution in [2.45, 2.75) is 0 Å². The summed E-state index contributed by atoms with van der Waals surface area (Å²) in [6.07, 6.45) is 0. The summed E-state index contributed by atoms with van der Waals surface area (Å²) in [5.74, 6) is 0. The molecule has 2 nitrogen and oxygen atoms in total. The van der Waals surface area contributed by atoms with Crippen molar-refractivity contribution in [1.29, 1.82) is 0 Å². The number of benzene rings is 4. The normalized spacial score (nSPS) is 11.2. The van der Waals surface area contributed by atoms with Crippen molar-refractivity contribution < 1.29 is 0 Å². The molecule has 5 rings (SSSR count). The van der Waals surface area contributed by atoms with Crippen molar-refractivity contribution in [2.75, 3.05) is 5.73 Å². The Labute approximate surface area is 151 Å². The number of aromatic nitrogens is 1. The van der Waals surface area contributed by atoms with Gasteiger partial charge in [0.2, 0.25) is 0 Å². The van der Waals surface area contributed by atoms with Crippen LogP contribution in [0.1, 0.15) is 0 Å². The van der Waals surface area contributed by atoms with Gasteiger partial charge < -0.3 is 10.7 Å². The van der Waals surface area contributed by atoms with Crippen LogP contribution in [0.15, 0.2) is 91.0 Å². The molecule has 4 aromatic carbocycles. The number of para-hydroxylation sites is 2. The molecule has 0 saturated heterocycles. The van der Waals surface area contributed by atoms with E-state index in [-0.39, 0.29) is 0 Å². The fraction of sp³-hybridized carbons (Fsp3) is 0. The first-order valence-electron chi connectivity index (χ1n) is 8.76. The first kappa shape index (κ1) is 14.8. The number of fused-ring (bicyclic) bond motifs is 3. The monoisotopic (exact) mass is 334 g/mol. The standard InChI is InChI=1S/C24H18N2/c25-21-14-7-11-17(16-8-2-1-3-9-16)23(21)20-13-6-12-19-18-10-4-5-15-22(18)26-24(19)20/h1-15,26H,25H2. The van der Waals surface area contributed by atoms with Gasteiger partial charge >= 0.3 is 0 Å². The average Bonchev–Trinajstić information content (AvgIpc) is 3.07. The van der Waals surface area contributed by atoms with Gasteiger partial charge in [-0.25, -0.2) is 0 Å². The number of anilines is 1. The fourth-order valence-corrected chi connectivity index (χ4v) is 3.81. The quantitative estimate of drug-likeness (QED) is 0.369. The molecule has 0 unspecified atom stereocenters. The van der Waals surface area contributed by atoms with Crippen LogP contribution in [-0.2, 0) is 0 Å². The lowest BCUT2D eigenvalue weighted by Gasteiger charge is -2.14. The molecular weight excluding hydrogens is 316 g/mol. The molecule has 0 spiro atoms. The van der Waals surface area contributed by atoms with E-state index in [0.717, 1.165) is 33.4 Å². The summed E-state index contributed by atoms with van der Waals surface area (Å²) in [6.45, 7) is 0. The number of hydrogen-bond acceptors (Lipinski definition) is 1. The molecule has 26 heavy (non-hydrogen) atoms. The van der Waals surface area contributed by atoms with Gasteiger partial charge in [0.1, 0.15) is 0 Å². The minimum atomic E-state index is 0.789. The number of hydrogen-bond donors (Lipinski definition) is 2. The van der Waals surface area contributed by atoms with Crippen LogP contribution < -0.4 is 5.73 Å². The first-order valence-corrected chi connectivity index (χ1v) is 8.76. The number of rotatable bonds is 2. The topological polar surface area (TPSA) is 41.8 Å². The van der Waals surface area contributed by atoms with Gasteiger partial charge in [0.05, 0.1) is 5.52 Å². The second kappa shape index (κ2) is 5.78. The van der Waals surface area contributed by atoms with Crippen LogP contribution in [0.5, 0.6) is 0 Å². The first-order chi connectivity index (χ1) is 12.8. The van der Waals surface area contributed by atoms with Crippen LogP contribution in [0.4, 0.5) is 5.69 Å². The maximum absolute atomic E-state index is 6.46. The van der Waals surface area contributed by atoms with Crippen LogP contribution in [0.25, 0.3) is 44.1 Å². The molecule has 0 aliphatic carbocycles. The molecule has 0 aliphatic heterocycles. The molecule has 2 heteroatoms. The van der Waals surface area contributed by atoms with E-state index < -0.39 is 0 Å². The minimum Gasteiger partial charge on any atom is -0.398 e. The third-order valence-electron chi connectivity index (χ3n) is 4.99. The lowest BCUT2D eigenvalue weighted by molar-refractivity contribution is 1.53. The zero-order chi connectivity index (χ0) is 17.5. The van der Waals surface area contributed by atoms with Crippen LogP contribution in [-0.4, -0.2) is 4.98 Å². The Hall–Kier alpha value is -3.52. The highest BCUT2D eigenvalue weighted by molar-refractivity contribution is 6.13. The zero-order valence-electron chi connectivity index (χ0n) is 14.2. The van der Waals surface area contributed by atoms with Gasteiger partial charge in [-0.1, -0.05) is 78.9 Å². The van der Waals surface area contributed by atoms with E-state index >= 15 is 0 Å². The molecule has 3 N–H and O–H groups in total. The largest absolute Gasteiger partial charge is 0.398 e. The number of H-pyrrole nitrogens is 1. The van der Waals surface area contributed by atoms with Crippen molar-refractivity contribution in [3.63, 3.8) is 0 Å². The Kier molecular flexibility index (Phi) is 3.29. The number of nitrogens with two attached hydrogens (primary N) is 1. The van der Waals surface area contributed by atoms with E-state index in [9.17, 15) is 0 Å². The summed E-state index contributed by atoms with van der Waals surface area (Å²) in [4.78, 5) is 3.60. The average molecular weight is 334 g/mol. The van der Waals surface area contributed by atoms with E-state index in [0.29, 0.717) is 0 Å². The second-order valence-electron chi connectivity index (χ2n) is 6.53. The molecule has 0 radical (unpaired) electrons. The highest BCUT2D eigenvalue weighted by Gasteiger charge is 2.15. The molecule has 0 atom stereocenters. The van der Waals surface area contributed by atoms with Gasteiger partial charge in [-0.2, -0.15) is 0 Å². The molecule has 5 aromatic rings. The Balaban J connectivity index is 1.87. The Morgan fingerprint density at radius 3 is 2.15 bits per heavy atom. The summed E-state index contributed by atoms with van der Waals surface area (Å²) in [7, 11) is 0. The summed E-state index contributed by atoms with van der Waals surface area (Å²) < 4.78 is 0. The van der Waals surface area contributed by atoms with Gasteiger partial charge in [0.25, 0.3) is 0 Å². The maximum Gasteiger partial charge on any atom is 0.0545 e. The van der Waals surface area contributed by atoms with E-state index in [1.807, 2.05) is 18.2 Å². The molecule has 1 heterocycles. The molecule has 0 fully saturated rings. The van der Waals surface area contributed by atoms with Crippen molar-refractivity contribution in [3.05, 3.63) is 91.0 Å². The zero-order valence-corrected chi connectivity index (χ0v) is 14.2. The summed E-state index contributed by atoms with van der Waals surface area (Å²) >= 11 is 0. The maximum atomic E-state index is 6.46. The van der Waals surface area contributed by atoms with Crippen LogP contribution in [0.3, 0.4) is 0 Å². The summed E-state index contributed by atoms with van der Waals surface area (Å²) in [5.41, 5.74) is 14.1. The Morgan fingerprint density at radius 2 is 1.27 bits per heavy atom. The smallest absolute Gasteiger partial charge is 0.0545 e. The van der Waals surface area contributed by atoms with Crippen LogP contribution in [0.2, 0.25) is 0 Å². The number of nitrogens with one attached hydrogen (secondary N) is 1. The third-order valence-corrected chi connectivity index (χ3v) is 4.99. The summed E-state index contributed by atoms with van der Waals surface area (Å²) in [6, 6.07) is 31.4. The van der Waals surface area contributed by atoms with Crippen molar-refractivity contribution >= 4 is 27.5 Å². The number of aromatic amines is 1. The minimum absolute atomic E-state index is 0.789. The molecular formula is C24H18N2. The SMILES string of the molecule is Nc1cccc(-c2ccccc2)c1-c1cccc2c1[nH]c1ccccc12. The highest BCUT2D eigenvalue weighted by atomic mass is 14.7. The predicted molar refractivity (Wildman–Crippen MR) is 111 cm³/mol. The van der Waals surface area contributed by atoms with Gasteiger partial charge in [-0.05, 0) is 23.3 Å². The van der Waals surface area contributed by atoms with E-state index in [1.54, 1.807) is 0 Å². The molecule has 0 bridgehead atoms. The number of nitrogen functional groups attached to an aromatic ring is 1. The van der Waals surface area contributed by atoms with Crippen molar-refractivity contribution in [1.82, 2.24) is 4.98 Å². The van der Waals surface area contributed by atoms with Gasteiger partial charge in [0, 0.05) is 33.1 Å². The van der Waals surface area contributed by atoms with E-state index in [1.165, 1.54) is 16.3 Å². The van der Waals surface area contributed by atoms with E-state index in [4.69, 9.17) is 5.73 Å². The predicted octanol–water partition coefficient (Wildman–Crippen LogP) is 6.24. The fourth-order valence-electron chi connectivity index (χ4n) is 3.81. The van der Waals surface area contributed by atoms with Crippen molar-refractivity contribution in [3.8, 4) is 22.3 Å². The highest BCUT2D eigenvalue weighted by Crippen LogP contribution is 2.41. The van der Waals surface area contributed by atoms with Crippen LogP contribution >= 0.6 is 0 Å². The lowest BCUT2D eigenvalue weighted by Crippen LogP contribution is -1.94. The molecule has 0 aliphatic rings. The van der Waals surface area contributed by atoms with Crippen LogP contribution in [0, 0.1) is 0 Å². The molecule has 0 saturated carbocycles. The third kappa shape index (κ3) is 2.20. The lowest BCUT2D eigenvalue weighted by atomic mass is 9.92.